The fourth-order valence-corrected chi connectivity index (χ4v) is 2.70. The predicted molar refractivity (Wildman–Crippen MR) is 76.7 cm³/mol. The fourth-order valence-electron chi connectivity index (χ4n) is 1.81. The van der Waals surface area contributed by atoms with Gasteiger partial charge in [0, 0.05) is 19.8 Å². The summed E-state index contributed by atoms with van der Waals surface area (Å²) in [4.78, 5) is 14.7. The molecule has 0 amide bonds. The Morgan fingerprint density at radius 2 is 2.00 bits per heavy atom. The molecule has 0 aliphatic carbocycles. The predicted octanol–water partition coefficient (Wildman–Crippen LogP) is 0.765. The largest absolute Gasteiger partial charge is 0.378 e. The van der Waals surface area contributed by atoms with E-state index in [9.17, 15) is 4.79 Å². The molecule has 6 heteroatoms. The molecule has 0 saturated heterocycles. The number of hydrogen-bond acceptors (Lipinski definition) is 5. The van der Waals surface area contributed by atoms with E-state index < -0.39 is 0 Å². The number of fused-ring (bicyclic) bond motifs is 1. The van der Waals surface area contributed by atoms with E-state index >= 15 is 0 Å². The quantitative estimate of drug-likeness (QED) is 0.691. The molecule has 0 spiro atoms. The molecule has 0 aliphatic rings. The van der Waals surface area contributed by atoms with Gasteiger partial charge in [0.05, 0.1) is 4.53 Å². The van der Waals surface area contributed by atoms with Crippen LogP contribution in [-0.4, -0.2) is 28.7 Å². The zero-order valence-electron chi connectivity index (χ0n) is 10.6. The first-order valence-corrected chi connectivity index (χ1v) is 6.58. The molecule has 1 aromatic carbocycles. The van der Waals surface area contributed by atoms with Crippen LogP contribution in [0, 0.1) is 0 Å². The van der Waals surface area contributed by atoms with Crippen LogP contribution in [0.4, 0.5) is 5.69 Å². The molecule has 0 saturated carbocycles. The van der Waals surface area contributed by atoms with Crippen LogP contribution in [-0.2, 0) is 0 Å². The van der Waals surface area contributed by atoms with E-state index in [1.54, 1.807) is 0 Å². The van der Waals surface area contributed by atoms with Crippen molar-refractivity contribution in [3.05, 3.63) is 51.0 Å². The van der Waals surface area contributed by atoms with Crippen molar-refractivity contribution in [2.45, 2.75) is 0 Å². The van der Waals surface area contributed by atoms with E-state index in [0.29, 0.717) is 9.49 Å². The molecule has 5 nitrogen and oxygen atoms in total. The molecule has 2 heterocycles. The summed E-state index contributed by atoms with van der Waals surface area (Å²) < 4.78 is 2.13. The summed E-state index contributed by atoms with van der Waals surface area (Å²) in [5.74, 6) is 0. The van der Waals surface area contributed by atoms with Crippen LogP contribution in [0.2, 0.25) is 0 Å². The first-order valence-electron chi connectivity index (χ1n) is 5.77. The van der Waals surface area contributed by atoms with Crippen molar-refractivity contribution in [2.75, 3.05) is 19.0 Å². The van der Waals surface area contributed by atoms with E-state index in [-0.39, 0.29) is 5.56 Å². The van der Waals surface area contributed by atoms with Crippen LogP contribution in [0.3, 0.4) is 0 Å². The van der Waals surface area contributed by atoms with Crippen LogP contribution < -0.4 is 15.0 Å². The SMILES string of the molecule is CN(C)c1ccc(/C=c2\sc3nncn3c2=O)cc1. The second-order valence-electron chi connectivity index (χ2n) is 4.39. The average Bonchev–Trinajstić information content (AvgIpc) is 2.95. The van der Waals surface area contributed by atoms with Gasteiger partial charge in [0.25, 0.3) is 5.56 Å². The average molecular weight is 272 g/mol. The molecule has 2 aromatic heterocycles. The molecule has 0 atom stereocenters. The van der Waals surface area contributed by atoms with Gasteiger partial charge in [-0.25, -0.2) is 4.40 Å². The maximum Gasteiger partial charge on any atom is 0.275 e. The first kappa shape index (κ1) is 11.9. The Morgan fingerprint density at radius 1 is 1.26 bits per heavy atom. The molecule has 3 rings (SSSR count). The maximum absolute atomic E-state index is 12.0. The number of benzene rings is 1. The summed E-state index contributed by atoms with van der Waals surface area (Å²) in [5.41, 5.74) is 2.06. The lowest BCUT2D eigenvalue weighted by Gasteiger charge is -2.11. The molecular formula is C13H12N4OS. The molecule has 96 valence electrons. The number of hydrogen-bond donors (Lipinski definition) is 0. The van der Waals surface area contributed by atoms with Gasteiger partial charge in [-0.3, -0.25) is 4.79 Å². The minimum atomic E-state index is -0.0679. The highest BCUT2D eigenvalue weighted by molar-refractivity contribution is 7.15. The molecule has 3 aromatic rings. The van der Waals surface area contributed by atoms with Crippen molar-refractivity contribution in [1.82, 2.24) is 14.6 Å². The van der Waals surface area contributed by atoms with Crippen molar-refractivity contribution in [2.24, 2.45) is 0 Å². The van der Waals surface area contributed by atoms with Gasteiger partial charge in [-0.15, -0.1) is 10.2 Å². The third-order valence-corrected chi connectivity index (χ3v) is 3.83. The topological polar surface area (TPSA) is 50.5 Å². The highest BCUT2D eigenvalue weighted by Gasteiger charge is 2.04. The smallest absolute Gasteiger partial charge is 0.275 e. The van der Waals surface area contributed by atoms with Gasteiger partial charge < -0.3 is 4.90 Å². The van der Waals surface area contributed by atoms with Crippen LogP contribution in [0.5, 0.6) is 0 Å². The van der Waals surface area contributed by atoms with E-state index in [4.69, 9.17) is 0 Å². The Kier molecular flexibility index (Phi) is 2.79. The standard InChI is InChI=1S/C13H12N4OS/c1-16(2)10-5-3-9(4-6-10)7-11-12(18)17-8-14-15-13(17)19-11/h3-8H,1-2H3/b11-7-. The summed E-state index contributed by atoms with van der Waals surface area (Å²) in [7, 11) is 3.99. The number of rotatable bonds is 2. The third-order valence-electron chi connectivity index (χ3n) is 2.85. The summed E-state index contributed by atoms with van der Waals surface area (Å²) in [5, 5.41) is 7.59. The minimum absolute atomic E-state index is 0.0679. The summed E-state index contributed by atoms with van der Waals surface area (Å²) in [6.45, 7) is 0. The number of nitrogens with zero attached hydrogens (tertiary/aromatic N) is 4. The van der Waals surface area contributed by atoms with Gasteiger partial charge in [-0.05, 0) is 23.8 Å². The molecule has 0 N–H and O–H groups in total. The van der Waals surface area contributed by atoms with Crippen molar-refractivity contribution in [3.8, 4) is 0 Å². The van der Waals surface area contributed by atoms with Gasteiger partial charge >= 0.3 is 0 Å². The maximum atomic E-state index is 12.0. The Bertz CT molecular complexity index is 817. The zero-order valence-corrected chi connectivity index (χ0v) is 11.4. The monoisotopic (exact) mass is 272 g/mol. The van der Waals surface area contributed by atoms with Gasteiger partial charge in [-0.2, -0.15) is 0 Å². The summed E-state index contributed by atoms with van der Waals surface area (Å²) in [6.07, 6.45) is 3.32. The normalized spacial score (nSPS) is 12.2. The first-order chi connectivity index (χ1) is 9.15. The number of thiazole rings is 1. The molecule has 19 heavy (non-hydrogen) atoms. The molecular weight excluding hydrogens is 260 g/mol. The van der Waals surface area contributed by atoms with E-state index in [2.05, 4.69) is 10.2 Å². The van der Waals surface area contributed by atoms with Gasteiger partial charge in [0.1, 0.15) is 6.33 Å². The Labute approximate surface area is 113 Å². The van der Waals surface area contributed by atoms with Gasteiger partial charge in [-0.1, -0.05) is 23.5 Å². The minimum Gasteiger partial charge on any atom is -0.378 e. The number of anilines is 1. The van der Waals surface area contributed by atoms with E-state index in [0.717, 1.165) is 11.3 Å². The van der Waals surface area contributed by atoms with Crippen molar-refractivity contribution in [3.63, 3.8) is 0 Å². The Balaban J connectivity index is 2.07. The van der Waals surface area contributed by atoms with E-state index in [1.807, 2.05) is 49.3 Å². The summed E-state index contributed by atoms with van der Waals surface area (Å²) in [6, 6.07) is 8.04. The van der Waals surface area contributed by atoms with Crippen LogP contribution in [0.15, 0.2) is 35.4 Å². The highest BCUT2D eigenvalue weighted by atomic mass is 32.1. The third kappa shape index (κ3) is 2.10. The van der Waals surface area contributed by atoms with Crippen molar-refractivity contribution < 1.29 is 0 Å². The highest BCUT2D eigenvalue weighted by Crippen LogP contribution is 2.12. The lowest BCUT2D eigenvalue weighted by atomic mass is 10.2. The van der Waals surface area contributed by atoms with Crippen molar-refractivity contribution >= 4 is 28.1 Å². The molecule has 0 aliphatic heterocycles. The molecule has 0 radical (unpaired) electrons. The zero-order chi connectivity index (χ0) is 13.4. The Hall–Kier alpha value is -2.21. The lowest BCUT2D eigenvalue weighted by molar-refractivity contribution is 1.08. The van der Waals surface area contributed by atoms with Gasteiger partial charge in [0.2, 0.25) is 4.96 Å². The fraction of sp³-hybridized carbons (Fsp3) is 0.154. The van der Waals surface area contributed by atoms with Crippen LogP contribution in [0.1, 0.15) is 5.56 Å². The second kappa shape index (κ2) is 4.47. The van der Waals surface area contributed by atoms with Crippen molar-refractivity contribution in [1.29, 1.82) is 0 Å². The molecule has 0 unspecified atom stereocenters. The van der Waals surface area contributed by atoms with E-state index in [1.165, 1.54) is 22.1 Å². The van der Waals surface area contributed by atoms with Crippen LogP contribution >= 0.6 is 11.3 Å². The second-order valence-corrected chi connectivity index (χ2v) is 5.39. The number of aromatic nitrogens is 3. The Morgan fingerprint density at radius 3 is 2.63 bits per heavy atom. The molecule has 0 bridgehead atoms. The lowest BCUT2D eigenvalue weighted by Crippen LogP contribution is -2.22. The van der Waals surface area contributed by atoms with Crippen LogP contribution in [0.25, 0.3) is 11.0 Å². The summed E-state index contributed by atoms with van der Waals surface area (Å²) >= 11 is 1.35. The van der Waals surface area contributed by atoms with Gasteiger partial charge in [0.15, 0.2) is 0 Å². The molecule has 0 fully saturated rings.